The van der Waals surface area contributed by atoms with Gasteiger partial charge in [0.05, 0.1) is 36.5 Å². The Labute approximate surface area is 377 Å². The molecule has 0 aromatic heterocycles. The summed E-state index contributed by atoms with van der Waals surface area (Å²) in [6, 6.07) is 27.3. The van der Waals surface area contributed by atoms with E-state index in [0.29, 0.717) is 46.6 Å². The molecule has 7 fully saturated rings. The van der Waals surface area contributed by atoms with Crippen LogP contribution in [0.1, 0.15) is 118 Å². The van der Waals surface area contributed by atoms with Gasteiger partial charge in [-0.1, -0.05) is 106 Å². The van der Waals surface area contributed by atoms with Crippen molar-refractivity contribution >= 4 is 11.9 Å². The molecule has 4 saturated heterocycles. The molecule has 340 valence electrons. The first-order chi connectivity index (χ1) is 31.0. The van der Waals surface area contributed by atoms with Crippen LogP contribution < -0.4 is 0 Å². The summed E-state index contributed by atoms with van der Waals surface area (Å²) >= 11 is 0. The van der Waals surface area contributed by atoms with E-state index in [1.165, 1.54) is 24.8 Å². The van der Waals surface area contributed by atoms with Crippen LogP contribution in [0, 0.1) is 46.3 Å². The molecule has 10 heteroatoms. The molecule has 3 aromatic rings. The number of rotatable bonds is 7. The Morgan fingerprint density at radius 1 is 0.719 bits per heavy atom. The van der Waals surface area contributed by atoms with Crippen molar-refractivity contribution in [3.8, 4) is 0 Å². The molecular formula is C54H64O10. The number of carbonyl (C=O) groups excluding carboxylic acids is 2. The van der Waals surface area contributed by atoms with Gasteiger partial charge in [-0.3, -0.25) is 0 Å². The van der Waals surface area contributed by atoms with E-state index in [9.17, 15) is 9.59 Å². The third-order valence-electron chi connectivity index (χ3n) is 17.5. The predicted octanol–water partition coefficient (Wildman–Crippen LogP) is 10.0. The first-order valence-corrected chi connectivity index (χ1v) is 24.2. The number of esters is 2. The van der Waals surface area contributed by atoms with E-state index in [2.05, 4.69) is 33.8 Å². The van der Waals surface area contributed by atoms with E-state index in [4.69, 9.17) is 37.9 Å². The lowest BCUT2D eigenvalue weighted by atomic mass is 9.47. The number of carbonyl (C=O) groups is 2. The van der Waals surface area contributed by atoms with Gasteiger partial charge in [0, 0.05) is 17.9 Å². The average Bonchev–Trinajstić information content (AvgIpc) is 3.77. The van der Waals surface area contributed by atoms with Crippen LogP contribution in [0.4, 0.5) is 0 Å². The molecule has 8 aliphatic rings. The standard InChI is InChI=1S/C54H64O10/c1-32-22-27-54(58-30-32)33(2)44-42(64-54)29-41-39-21-20-37-28-38(23-25-52(37,3)40(39)24-26-53(41,44)4)59-51-47(62-49(56)35-16-10-6-11-17-35)46(61-48(55)34-14-8-5-9-15-34)45-43(60-51)31-57-50(63-45)36-18-12-7-13-19-36/h5-20,32-33,38-47,50-51H,21-31H2,1-4H3/t32-,33+,38+,39-,40+,41+,42+,43?,44+,45-,46+,47?,50?,51-,52+,53+,54-/m1/s1. The van der Waals surface area contributed by atoms with Gasteiger partial charge < -0.3 is 37.9 Å². The van der Waals surface area contributed by atoms with Crippen molar-refractivity contribution in [2.45, 2.75) is 140 Å². The zero-order valence-corrected chi connectivity index (χ0v) is 37.7. The fourth-order valence-corrected chi connectivity index (χ4v) is 14.2. The third kappa shape index (κ3) is 7.30. The van der Waals surface area contributed by atoms with Crippen LogP contribution in [0.15, 0.2) is 103 Å². The van der Waals surface area contributed by atoms with E-state index >= 15 is 0 Å². The fraction of sp³-hybridized carbons (Fsp3) is 0.593. The molecule has 0 N–H and O–H groups in total. The van der Waals surface area contributed by atoms with Crippen molar-refractivity contribution in [1.29, 1.82) is 0 Å². The highest BCUT2D eigenvalue weighted by Crippen LogP contribution is 2.70. The maximum atomic E-state index is 14.0. The molecule has 0 amide bonds. The highest BCUT2D eigenvalue weighted by Gasteiger charge is 2.69. The van der Waals surface area contributed by atoms with E-state index in [-0.39, 0.29) is 29.6 Å². The van der Waals surface area contributed by atoms with Gasteiger partial charge in [0.15, 0.2) is 30.6 Å². The van der Waals surface area contributed by atoms with Gasteiger partial charge >= 0.3 is 11.9 Å². The molecule has 4 aliphatic heterocycles. The SMILES string of the molecule is C[C@@H]1CC[C@@]2(OC1)O[C@H]1C[C@H]3[C@@H]4CC=C5C[C@@H](O[C@@H]6OC7COC(c8ccccc8)O[C@H]7[C@H](OC(=O)c7ccccc7)C6OC(=O)c6ccccc6)CC[C@]5(C)[C@H]4CC[C@]3(C)[C@H]1[C@@H]2C. The summed E-state index contributed by atoms with van der Waals surface area (Å²) < 4.78 is 53.1. The van der Waals surface area contributed by atoms with Crippen molar-refractivity contribution in [2.24, 2.45) is 46.3 Å². The highest BCUT2D eigenvalue weighted by atomic mass is 16.8. The molecule has 4 aliphatic carbocycles. The Kier molecular flexibility index (Phi) is 11.2. The van der Waals surface area contributed by atoms with E-state index in [1.807, 2.05) is 42.5 Å². The largest absolute Gasteiger partial charge is 0.452 e. The lowest BCUT2D eigenvalue weighted by Gasteiger charge is -2.58. The Hall–Kier alpha value is -3.90. The molecule has 10 nitrogen and oxygen atoms in total. The Morgan fingerprint density at radius 2 is 1.41 bits per heavy atom. The summed E-state index contributed by atoms with van der Waals surface area (Å²) in [5.74, 6) is 1.87. The summed E-state index contributed by atoms with van der Waals surface area (Å²) in [6.45, 7) is 10.8. The maximum Gasteiger partial charge on any atom is 0.338 e. The van der Waals surface area contributed by atoms with E-state index in [1.54, 1.807) is 48.5 Å². The molecule has 3 unspecified atom stereocenters. The van der Waals surface area contributed by atoms with E-state index in [0.717, 1.165) is 50.7 Å². The highest BCUT2D eigenvalue weighted by molar-refractivity contribution is 5.90. The van der Waals surface area contributed by atoms with Crippen LogP contribution in [-0.4, -0.2) is 73.9 Å². The van der Waals surface area contributed by atoms with Gasteiger partial charge in [-0.15, -0.1) is 0 Å². The summed E-state index contributed by atoms with van der Waals surface area (Å²) in [7, 11) is 0. The number of allylic oxidation sites excluding steroid dienone is 1. The van der Waals surface area contributed by atoms with Gasteiger partial charge in [-0.25, -0.2) is 9.59 Å². The van der Waals surface area contributed by atoms with Crippen molar-refractivity contribution in [2.75, 3.05) is 13.2 Å². The minimum absolute atomic E-state index is 0.0705. The summed E-state index contributed by atoms with van der Waals surface area (Å²) in [5, 5.41) is 0. The zero-order valence-electron chi connectivity index (χ0n) is 37.7. The Bertz CT molecular complexity index is 2190. The minimum atomic E-state index is -1.14. The average molecular weight is 873 g/mol. The summed E-state index contributed by atoms with van der Waals surface area (Å²) in [6.07, 6.45) is 6.58. The number of ether oxygens (including phenoxy) is 8. The molecular weight excluding hydrogens is 809 g/mol. The molecule has 17 atom stereocenters. The van der Waals surface area contributed by atoms with Crippen LogP contribution >= 0.6 is 0 Å². The van der Waals surface area contributed by atoms with Crippen molar-refractivity contribution in [1.82, 2.24) is 0 Å². The molecule has 0 radical (unpaired) electrons. The normalized spacial score (nSPS) is 43.4. The number of benzene rings is 3. The number of hydrogen-bond acceptors (Lipinski definition) is 10. The predicted molar refractivity (Wildman–Crippen MR) is 237 cm³/mol. The number of hydrogen-bond donors (Lipinski definition) is 0. The van der Waals surface area contributed by atoms with Crippen LogP contribution in [0.25, 0.3) is 0 Å². The third-order valence-corrected chi connectivity index (χ3v) is 17.5. The second-order valence-corrected chi connectivity index (χ2v) is 21.0. The maximum absolute atomic E-state index is 14.0. The van der Waals surface area contributed by atoms with Gasteiger partial charge in [0.25, 0.3) is 0 Å². The van der Waals surface area contributed by atoms with Crippen molar-refractivity contribution in [3.63, 3.8) is 0 Å². The molecule has 64 heavy (non-hydrogen) atoms. The second kappa shape index (κ2) is 16.8. The first-order valence-electron chi connectivity index (χ1n) is 24.2. The zero-order chi connectivity index (χ0) is 43.8. The second-order valence-electron chi connectivity index (χ2n) is 21.0. The summed E-state index contributed by atoms with van der Waals surface area (Å²) in [5.41, 5.74) is 3.35. The molecule has 0 bridgehead atoms. The Balaban J connectivity index is 0.847. The Morgan fingerprint density at radius 3 is 2.09 bits per heavy atom. The van der Waals surface area contributed by atoms with Gasteiger partial charge in [0.1, 0.15) is 12.2 Å². The quantitative estimate of drug-likeness (QED) is 0.168. The van der Waals surface area contributed by atoms with Crippen LogP contribution in [-0.2, 0) is 37.9 Å². The molecule has 3 saturated carbocycles. The first kappa shape index (κ1) is 42.7. The van der Waals surface area contributed by atoms with Crippen molar-refractivity contribution < 1.29 is 47.5 Å². The minimum Gasteiger partial charge on any atom is -0.452 e. The molecule has 11 rings (SSSR count). The molecule has 4 heterocycles. The van der Waals surface area contributed by atoms with Crippen LogP contribution in [0.2, 0.25) is 0 Å². The van der Waals surface area contributed by atoms with Gasteiger partial charge in [-0.2, -0.15) is 0 Å². The lowest BCUT2D eigenvalue weighted by molar-refractivity contribution is -0.365. The van der Waals surface area contributed by atoms with Gasteiger partial charge in [-0.05, 0) is 116 Å². The topological polar surface area (TPSA) is 108 Å². The van der Waals surface area contributed by atoms with Crippen LogP contribution in [0.3, 0.4) is 0 Å². The molecule has 3 aromatic carbocycles. The van der Waals surface area contributed by atoms with Crippen LogP contribution in [0.5, 0.6) is 0 Å². The van der Waals surface area contributed by atoms with Gasteiger partial charge in [0.2, 0.25) is 0 Å². The van der Waals surface area contributed by atoms with E-state index < -0.39 is 54.7 Å². The smallest absolute Gasteiger partial charge is 0.338 e. The fourth-order valence-electron chi connectivity index (χ4n) is 14.2. The molecule has 1 spiro atoms. The summed E-state index contributed by atoms with van der Waals surface area (Å²) in [4.78, 5) is 27.9. The van der Waals surface area contributed by atoms with Crippen molar-refractivity contribution in [3.05, 3.63) is 119 Å². The lowest BCUT2D eigenvalue weighted by Crippen LogP contribution is -2.64. The number of fused-ring (bicyclic) bond motifs is 8. The monoisotopic (exact) mass is 872 g/mol.